The normalized spacial score (nSPS) is 21.2. The Hall–Kier alpha value is -4.90. The van der Waals surface area contributed by atoms with Crippen molar-refractivity contribution in [1.29, 1.82) is 0 Å². The zero-order valence-electron chi connectivity index (χ0n) is 30.1. The first-order valence-electron chi connectivity index (χ1n) is 17.9. The van der Waals surface area contributed by atoms with Gasteiger partial charge in [0.2, 0.25) is 0 Å². The number of carbonyl (C=O) groups is 3. The Balaban J connectivity index is 1.24. The van der Waals surface area contributed by atoms with Crippen molar-refractivity contribution in [3.8, 4) is 17.2 Å². The van der Waals surface area contributed by atoms with Gasteiger partial charge in [-0.05, 0) is 99.8 Å². The minimum atomic E-state index is -1.24. The molecule has 0 aromatic heterocycles. The van der Waals surface area contributed by atoms with Gasteiger partial charge in [0, 0.05) is 23.7 Å². The molecular weight excluding hydrogens is 681 g/mol. The average molecular weight is 729 g/mol. The Morgan fingerprint density at radius 1 is 1.13 bits per heavy atom. The number of amides is 2. The van der Waals surface area contributed by atoms with Gasteiger partial charge in [-0.1, -0.05) is 67.8 Å². The number of β-lactam (4-membered cyclic amide) rings is 1. The highest BCUT2D eigenvalue weighted by Crippen LogP contribution is 2.47. The number of rotatable bonds is 15. The topological polar surface area (TPSA) is 135 Å². The largest absolute Gasteiger partial charge is 0.507 e. The zero-order valence-corrected chi connectivity index (χ0v) is 30.9. The number of carboxylic acid groups (broad SMARTS) is 1. The summed E-state index contributed by atoms with van der Waals surface area (Å²) in [6.45, 7) is 10.2. The number of allylic oxidation sites excluding steroid dienone is 5. The third-order valence-electron chi connectivity index (χ3n) is 9.88. The van der Waals surface area contributed by atoms with Crippen LogP contribution in [0.3, 0.4) is 0 Å². The number of thiocarbonyl (C=S) groups is 1. The van der Waals surface area contributed by atoms with Gasteiger partial charge >= 0.3 is 11.2 Å². The number of ether oxygens (including phenoxy) is 3. The van der Waals surface area contributed by atoms with E-state index >= 15 is 0 Å². The molecule has 0 spiro atoms. The highest BCUT2D eigenvalue weighted by Gasteiger charge is 2.53. The third kappa shape index (κ3) is 9.11. The molecule has 4 atom stereocenters. The van der Waals surface area contributed by atoms with Crippen LogP contribution in [0, 0.1) is 5.92 Å². The van der Waals surface area contributed by atoms with E-state index in [2.05, 4.69) is 31.8 Å². The molecular formula is C41H48N2O8S. The Labute approximate surface area is 310 Å². The van der Waals surface area contributed by atoms with Crippen molar-refractivity contribution in [3.05, 3.63) is 101 Å². The van der Waals surface area contributed by atoms with E-state index in [4.69, 9.17) is 26.4 Å². The van der Waals surface area contributed by atoms with Gasteiger partial charge in [0.15, 0.2) is 6.61 Å². The molecule has 1 aliphatic carbocycles. The number of nitrogens with zero attached hydrogens (tertiary/aromatic N) is 1. The first-order chi connectivity index (χ1) is 25.0. The number of aromatic hydroxyl groups is 1. The first kappa shape index (κ1) is 38.3. The van der Waals surface area contributed by atoms with Crippen LogP contribution in [-0.2, 0) is 25.5 Å². The van der Waals surface area contributed by atoms with Crippen LogP contribution in [-0.4, -0.2) is 63.4 Å². The van der Waals surface area contributed by atoms with Crippen molar-refractivity contribution < 1.29 is 38.8 Å². The lowest BCUT2D eigenvalue weighted by Crippen LogP contribution is -2.71. The lowest BCUT2D eigenvalue weighted by atomic mass is 9.73. The maximum Gasteiger partial charge on any atom is 0.358 e. The molecule has 2 aromatic carbocycles. The molecule has 0 unspecified atom stereocenters. The van der Waals surface area contributed by atoms with E-state index in [0.29, 0.717) is 35.5 Å². The van der Waals surface area contributed by atoms with E-state index in [1.54, 1.807) is 36.4 Å². The number of carbonyl (C=O) groups excluding carboxylic acids is 2. The van der Waals surface area contributed by atoms with Crippen LogP contribution in [0.1, 0.15) is 82.8 Å². The zero-order chi connectivity index (χ0) is 37.4. The summed E-state index contributed by atoms with van der Waals surface area (Å²) in [5.41, 5.74) is 4.21. The van der Waals surface area contributed by atoms with Gasteiger partial charge < -0.3 is 29.7 Å². The number of hydrogen-bond acceptors (Lipinski definition) is 8. The fraction of sp³-hybridized carbons (Fsp3) is 0.415. The highest BCUT2D eigenvalue weighted by molar-refractivity contribution is 7.79. The summed E-state index contributed by atoms with van der Waals surface area (Å²) < 4.78 is 17.4. The van der Waals surface area contributed by atoms with E-state index in [1.165, 1.54) is 10.5 Å². The lowest BCUT2D eigenvalue weighted by molar-refractivity contribution is -0.156. The van der Waals surface area contributed by atoms with Crippen LogP contribution in [0.2, 0.25) is 0 Å². The van der Waals surface area contributed by atoms with Gasteiger partial charge in [0.05, 0.1) is 6.04 Å². The molecule has 2 amide bonds. The van der Waals surface area contributed by atoms with Crippen molar-refractivity contribution in [2.24, 2.45) is 5.92 Å². The molecule has 3 aliphatic rings. The molecule has 2 aromatic rings. The molecule has 3 N–H and O–H groups in total. The van der Waals surface area contributed by atoms with E-state index in [0.717, 1.165) is 49.7 Å². The molecule has 2 aliphatic heterocycles. The number of aliphatic carboxylic acids is 1. The SMILES string of the molecule is C=C(C)[C@@H]1CCC(C)=C[C@H]1c1c(O)cc(CCCCC)cc1OC(=S)OC/C=C/C1=C(C(=O)O)N2C(=O)[C@@H](NC(=O)COc3ccccc3)[C@H]2CC1. The number of unbranched alkanes of at least 4 members (excludes halogenated alkanes) is 2. The molecule has 0 radical (unpaired) electrons. The second kappa shape index (κ2) is 17.5. The summed E-state index contributed by atoms with van der Waals surface area (Å²) in [4.78, 5) is 39.1. The van der Waals surface area contributed by atoms with E-state index in [1.807, 2.05) is 25.1 Å². The number of phenols is 1. The summed E-state index contributed by atoms with van der Waals surface area (Å²) >= 11 is 5.49. The second-order valence-corrected chi connectivity index (χ2v) is 14.1. The molecule has 1 saturated heterocycles. The predicted octanol–water partition coefficient (Wildman–Crippen LogP) is 7.28. The number of fused-ring (bicyclic) bond motifs is 1. The van der Waals surface area contributed by atoms with Crippen LogP contribution in [0.25, 0.3) is 0 Å². The Morgan fingerprint density at radius 2 is 1.90 bits per heavy atom. The second-order valence-electron chi connectivity index (χ2n) is 13.7. The number of benzene rings is 2. The highest BCUT2D eigenvalue weighted by atomic mass is 32.1. The van der Waals surface area contributed by atoms with Gasteiger partial charge in [-0.3, -0.25) is 14.5 Å². The lowest BCUT2D eigenvalue weighted by Gasteiger charge is -2.50. The van der Waals surface area contributed by atoms with E-state index in [-0.39, 0.29) is 41.7 Å². The molecule has 10 nitrogen and oxygen atoms in total. The number of nitrogens with one attached hydrogen (secondary N) is 1. The molecule has 2 heterocycles. The van der Waals surface area contributed by atoms with Gasteiger partial charge in [-0.2, -0.15) is 0 Å². The summed E-state index contributed by atoms with van der Waals surface area (Å²) in [5, 5.41) is 24.0. The van der Waals surface area contributed by atoms with Crippen molar-refractivity contribution >= 4 is 35.2 Å². The maximum absolute atomic E-state index is 13.1. The van der Waals surface area contributed by atoms with Gasteiger partial charge in [-0.15, -0.1) is 0 Å². The fourth-order valence-corrected chi connectivity index (χ4v) is 7.43. The molecule has 5 rings (SSSR count). The van der Waals surface area contributed by atoms with E-state index in [9.17, 15) is 24.6 Å². The van der Waals surface area contributed by atoms with Crippen molar-refractivity contribution in [3.63, 3.8) is 0 Å². The Kier molecular flexibility index (Phi) is 12.9. The third-order valence-corrected chi connectivity index (χ3v) is 10.1. The summed E-state index contributed by atoms with van der Waals surface area (Å²) in [7, 11) is 0. The molecule has 276 valence electrons. The van der Waals surface area contributed by atoms with Crippen LogP contribution in [0.15, 0.2) is 89.7 Å². The maximum atomic E-state index is 13.1. The van der Waals surface area contributed by atoms with Crippen LogP contribution >= 0.6 is 12.2 Å². The smallest absolute Gasteiger partial charge is 0.358 e. The molecule has 0 saturated carbocycles. The molecule has 11 heteroatoms. The van der Waals surface area contributed by atoms with Crippen LogP contribution < -0.4 is 14.8 Å². The number of hydrogen-bond donors (Lipinski definition) is 3. The minimum Gasteiger partial charge on any atom is -0.507 e. The van der Waals surface area contributed by atoms with Crippen molar-refractivity contribution in [2.75, 3.05) is 13.2 Å². The quantitative estimate of drug-likeness (QED) is 0.0749. The summed E-state index contributed by atoms with van der Waals surface area (Å²) in [6, 6.07) is 11.3. The monoisotopic (exact) mass is 728 g/mol. The van der Waals surface area contributed by atoms with Gasteiger partial charge in [0.1, 0.15) is 35.6 Å². The summed E-state index contributed by atoms with van der Waals surface area (Å²) in [6.07, 6.45) is 12.1. The summed E-state index contributed by atoms with van der Waals surface area (Å²) in [5.74, 6) is -1.06. The van der Waals surface area contributed by atoms with E-state index < -0.39 is 29.9 Å². The number of carboxylic acids is 1. The number of aryl methyl sites for hydroxylation is 1. The fourth-order valence-electron chi connectivity index (χ4n) is 7.28. The van der Waals surface area contributed by atoms with Crippen molar-refractivity contribution in [1.82, 2.24) is 10.2 Å². The number of phenolic OH excluding ortho intramolecular Hbond substituents is 1. The average Bonchev–Trinajstić information content (AvgIpc) is 3.11. The molecule has 0 bridgehead atoms. The molecule has 1 fully saturated rings. The van der Waals surface area contributed by atoms with Crippen LogP contribution in [0.4, 0.5) is 0 Å². The number of para-hydroxylation sites is 1. The minimum absolute atomic E-state index is 0.0129. The van der Waals surface area contributed by atoms with Crippen LogP contribution in [0.5, 0.6) is 17.2 Å². The predicted molar refractivity (Wildman–Crippen MR) is 202 cm³/mol. The molecule has 52 heavy (non-hydrogen) atoms. The first-order valence-corrected chi connectivity index (χ1v) is 18.4. The Bertz CT molecular complexity index is 1780. The van der Waals surface area contributed by atoms with Gasteiger partial charge in [0.25, 0.3) is 11.8 Å². The Morgan fingerprint density at radius 3 is 2.62 bits per heavy atom. The standard InChI is InChI=1S/C41H48N2O8S/c1-5-6-8-12-27-22-33(44)36(31-21-26(4)16-18-30(31)25(2)3)34(23-27)51-41(52)49-20-11-13-28-17-19-32-37(39(46)43(32)38(28)40(47)48)42-35(45)24-50-29-14-9-7-10-15-29/h7,9-11,13-15,21-23,30-32,37,44H,2,5-6,8,12,16-20,24H2,1,3-4H3,(H,42,45)(H,47,48)/b13-11+/t30-,31+,32+,37-/m0/s1. The van der Waals surface area contributed by atoms with Crippen molar-refractivity contribution in [2.45, 2.75) is 90.1 Å². The van der Waals surface area contributed by atoms with Gasteiger partial charge in [-0.25, -0.2) is 4.79 Å².